The number of allylic oxidation sites excluding steroid dienone is 2. The number of hydrogen-bond acceptors (Lipinski definition) is 3. The molecule has 0 aromatic carbocycles. The number of rotatable bonds is 4. The Morgan fingerprint density at radius 1 is 1.47 bits per heavy atom. The third-order valence-corrected chi connectivity index (χ3v) is 4.71. The summed E-state index contributed by atoms with van der Waals surface area (Å²) in [6.45, 7) is 7.54. The Bertz CT molecular complexity index is 289. The fourth-order valence-electron chi connectivity index (χ4n) is 1.44. The van der Waals surface area contributed by atoms with E-state index in [-0.39, 0.29) is 0 Å². The van der Waals surface area contributed by atoms with Crippen molar-refractivity contribution in [3.05, 3.63) is 11.4 Å². The highest BCUT2D eigenvalue weighted by Gasteiger charge is 2.31. The van der Waals surface area contributed by atoms with Gasteiger partial charge in [-0.1, -0.05) is 13.0 Å². The molecule has 15 heavy (non-hydrogen) atoms. The van der Waals surface area contributed by atoms with Gasteiger partial charge in [0.1, 0.15) is 0 Å². The average Bonchev–Trinajstić information content (AvgIpc) is 2.66. The van der Waals surface area contributed by atoms with Gasteiger partial charge in [0.25, 0.3) is 7.37 Å². The molecule has 3 nitrogen and oxygen atoms in total. The molecular formula is C11H21O3P. The molecule has 1 unspecified atom stereocenters. The summed E-state index contributed by atoms with van der Waals surface area (Å²) in [6, 6.07) is 0. The minimum absolute atomic E-state index is 0.413. The van der Waals surface area contributed by atoms with E-state index in [0.29, 0.717) is 6.16 Å². The summed E-state index contributed by atoms with van der Waals surface area (Å²) >= 11 is 0. The third kappa shape index (κ3) is 3.75. The summed E-state index contributed by atoms with van der Waals surface area (Å²) in [6.07, 6.45) is 5.53. The van der Waals surface area contributed by atoms with Crippen molar-refractivity contribution in [2.75, 3.05) is 6.16 Å². The Morgan fingerprint density at radius 2 is 2.13 bits per heavy atom. The van der Waals surface area contributed by atoms with E-state index in [2.05, 4.69) is 0 Å². The molecule has 0 bridgehead atoms. The van der Waals surface area contributed by atoms with E-state index in [1.54, 1.807) is 0 Å². The van der Waals surface area contributed by atoms with Crippen molar-refractivity contribution in [2.45, 2.75) is 52.6 Å². The predicted molar refractivity (Wildman–Crippen MR) is 62.0 cm³/mol. The van der Waals surface area contributed by atoms with Crippen LogP contribution in [0.2, 0.25) is 0 Å². The lowest BCUT2D eigenvalue weighted by atomic mass is 10.2. The lowest BCUT2D eigenvalue weighted by Crippen LogP contribution is -2.19. The maximum Gasteiger partial charge on any atom is 0.258 e. The fraction of sp³-hybridized carbons (Fsp3) is 0.818. The molecule has 0 N–H and O–H groups in total. The molecule has 0 amide bonds. The molecule has 0 radical (unpaired) electrons. The molecule has 88 valence electrons. The fourth-order valence-corrected chi connectivity index (χ4v) is 3.30. The summed E-state index contributed by atoms with van der Waals surface area (Å²) in [5, 5.41) is 0.953. The molecule has 0 fully saturated rings. The molecule has 1 atom stereocenters. The Labute approximate surface area is 92.2 Å². The van der Waals surface area contributed by atoms with Gasteiger partial charge >= 0.3 is 0 Å². The van der Waals surface area contributed by atoms with Crippen LogP contribution in [0.5, 0.6) is 0 Å². The molecule has 0 aromatic rings. The SMILES string of the molecule is CCP(=O)(OOC(C)(C)C)C1=CCCC1. The quantitative estimate of drug-likeness (QED) is 0.416. The van der Waals surface area contributed by atoms with Gasteiger partial charge in [-0.3, -0.25) is 4.57 Å². The molecule has 0 spiro atoms. The van der Waals surface area contributed by atoms with Crippen molar-refractivity contribution in [1.82, 2.24) is 0 Å². The first kappa shape index (κ1) is 13.0. The molecule has 0 saturated heterocycles. The van der Waals surface area contributed by atoms with Gasteiger partial charge in [0, 0.05) is 11.5 Å². The van der Waals surface area contributed by atoms with E-state index in [1.165, 1.54) is 0 Å². The molecule has 4 heteroatoms. The van der Waals surface area contributed by atoms with E-state index in [0.717, 1.165) is 24.6 Å². The molecule has 1 aliphatic carbocycles. The standard InChI is InChI=1S/C11H21O3P/c1-5-15(12,10-8-6-7-9-10)14-13-11(2,3)4/h8H,5-7,9H2,1-4H3. The first-order valence-electron chi connectivity index (χ1n) is 5.53. The molecule has 1 rings (SSSR count). The third-order valence-electron chi connectivity index (χ3n) is 2.28. The van der Waals surface area contributed by atoms with Crippen LogP contribution in [0.15, 0.2) is 11.4 Å². The van der Waals surface area contributed by atoms with Crippen molar-refractivity contribution in [1.29, 1.82) is 0 Å². The van der Waals surface area contributed by atoms with Gasteiger partial charge in [0.2, 0.25) is 0 Å². The summed E-state index contributed by atoms with van der Waals surface area (Å²) in [4.78, 5) is 5.19. The van der Waals surface area contributed by atoms with Crippen LogP contribution in [0.1, 0.15) is 47.0 Å². The van der Waals surface area contributed by atoms with Crippen molar-refractivity contribution in [3.63, 3.8) is 0 Å². The van der Waals surface area contributed by atoms with E-state index < -0.39 is 13.0 Å². The molecule has 0 aromatic heterocycles. The van der Waals surface area contributed by atoms with Gasteiger partial charge in [-0.2, -0.15) is 4.67 Å². The van der Waals surface area contributed by atoms with Crippen molar-refractivity contribution in [2.24, 2.45) is 0 Å². The summed E-state index contributed by atoms with van der Waals surface area (Å²) < 4.78 is 17.6. The van der Waals surface area contributed by atoms with E-state index in [9.17, 15) is 4.57 Å². The molecule has 0 saturated carbocycles. The smallest absolute Gasteiger partial charge is 0.258 e. The normalized spacial score (nSPS) is 21.2. The maximum absolute atomic E-state index is 12.4. The van der Waals surface area contributed by atoms with Gasteiger partial charge in [0.15, 0.2) is 0 Å². The van der Waals surface area contributed by atoms with E-state index >= 15 is 0 Å². The van der Waals surface area contributed by atoms with Gasteiger partial charge in [-0.25, -0.2) is 4.89 Å². The van der Waals surface area contributed by atoms with Crippen molar-refractivity contribution < 1.29 is 14.1 Å². The van der Waals surface area contributed by atoms with Gasteiger partial charge in [-0.05, 0) is 40.0 Å². The highest BCUT2D eigenvalue weighted by molar-refractivity contribution is 7.63. The topological polar surface area (TPSA) is 35.5 Å². The van der Waals surface area contributed by atoms with Crippen LogP contribution in [0.25, 0.3) is 0 Å². The van der Waals surface area contributed by atoms with Crippen LogP contribution in [0, 0.1) is 0 Å². The Kier molecular flexibility index (Phi) is 4.16. The predicted octanol–water partition coefficient (Wildman–Crippen LogP) is 4.10. The van der Waals surface area contributed by atoms with E-state index in [4.69, 9.17) is 9.56 Å². The lowest BCUT2D eigenvalue weighted by Gasteiger charge is -2.23. The average molecular weight is 232 g/mol. The van der Waals surface area contributed by atoms with Crippen LogP contribution in [-0.4, -0.2) is 11.8 Å². The van der Waals surface area contributed by atoms with Crippen LogP contribution in [0.3, 0.4) is 0 Å². The minimum atomic E-state index is -2.71. The Hall–Kier alpha value is -0.110. The minimum Gasteiger partial charge on any atom is -0.285 e. The summed E-state index contributed by atoms with van der Waals surface area (Å²) in [5.41, 5.74) is -0.413. The summed E-state index contributed by atoms with van der Waals surface area (Å²) in [7, 11) is -2.71. The van der Waals surface area contributed by atoms with Crippen molar-refractivity contribution >= 4 is 7.37 Å². The van der Waals surface area contributed by atoms with E-state index in [1.807, 2.05) is 33.8 Å². The second-order valence-corrected chi connectivity index (χ2v) is 7.55. The zero-order valence-corrected chi connectivity index (χ0v) is 11.0. The first-order valence-corrected chi connectivity index (χ1v) is 7.34. The number of hydrogen-bond donors (Lipinski definition) is 0. The van der Waals surface area contributed by atoms with Gasteiger partial charge < -0.3 is 0 Å². The largest absolute Gasteiger partial charge is 0.285 e. The van der Waals surface area contributed by atoms with Gasteiger partial charge in [0.05, 0.1) is 5.60 Å². The van der Waals surface area contributed by atoms with Crippen LogP contribution >= 0.6 is 7.37 Å². The van der Waals surface area contributed by atoms with Gasteiger partial charge in [-0.15, -0.1) is 0 Å². The van der Waals surface area contributed by atoms with Crippen LogP contribution < -0.4 is 0 Å². The molecule has 0 heterocycles. The van der Waals surface area contributed by atoms with Crippen molar-refractivity contribution in [3.8, 4) is 0 Å². The monoisotopic (exact) mass is 232 g/mol. The highest BCUT2D eigenvalue weighted by atomic mass is 31.2. The zero-order valence-electron chi connectivity index (χ0n) is 10.1. The van der Waals surface area contributed by atoms with Crippen LogP contribution in [-0.2, 0) is 14.1 Å². The second-order valence-electron chi connectivity index (χ2n) is 4.85. The second kappa shape index (κ2) is 4.82. The highest BCUT2D eigenvalue weighted by Crippen LogP contribution is 2.58. The lowest BCUT2D eigenvalue weighted by molar-refractivity contribution is -0.273. The zero-order chi connectivity index (χ0) is 11.5. The van der Waals surface area contributed by atoms with Crippen LogP contribution in [0.4, 0.5) is 0 Å². The summed E-state index contributed by atoms with van der Waals surface area (Å²) in [5.74, 6) is 0. The molecular weight excluding hydrogens is 211 g/mol. The maximum atomic E-state index is 12.4. The Balaban J connectivity index is 2.65. The first-order chi connectivity index (χ1) is 6.87. The Morgan fingerprint density at radius 3 is 2.53 bits per heavy atom. The molecule has 0 aliphatic heterocycles. The molecule has 1 aliphatic rings.